The Balaban J connectivity index is 2.32. The second-order valence-electron chi connectivity index (χ2n) is 4.46. The normalized spacial score (nSPS) is 11.7. The fourth-order valence-electron chi connectivity index (χ4n) is 1.86. The molecule has 8 heteroatoms. The monoisotopic (exact) mass is 372 g/mol. The Bertz CT molecular complexity index is 689. The van der Waals surface area contributed by atoms with Crippen molar-refractivity contribution in [3.8, 4) is 0 Å². The summed E-state index contributed by atoms with van der Waals surface area (Å²) in [6.07, 6.45) is 0. The molecule has 0 radical (unpaired) electrons. The lowest BCUT2D eigenvalue weighted by Gasteiger charge is -2.20. The Morgan fingerprint density at radius 2 is 2.29 bits per heavy atom. The molecule has 0 saturated carbocycles. The van der Waals surface area contributed by atoms with Gasteiger partial charge in [0.25, 0.3) is 0 Å². The largest absolute Gasteiger partial charge is 0.409 e. The number of nitrogens with two attached hydrogens (primary N) is 1. The number of anilines is 1. The first-order valence-corrected chi connectivity index (χ1v) is 7.69. The maximum atomic E-state index is 14.4. The summed E-state index contributed by atoms with van der Waals surface area (Å²) in [6.45, 7) is 2.48. The van der Waals surface area contributed by atoms with Crippen molar-refractivity contribution in [2.24, 2.45) is 10.9 Å². The van der Waals surface area contributed by atoms with E-state index < -0.39 is 5.82 Å². The van der Waals surface area contributed by atoms with Crippen molar-refractivity contribution >= 4 is 38.8 Å². The Labute approximate surface area is 134 Å². The molecule has 0 aliphatic carbocycles. The molecule has 3 N–H and O–H groups in total. The van der Waals surface area contributed by atoms with E-state index in [-0.39, 0.29) is 10.3 Å². The highest BCUT2D eigenvalue weighted by Crippen LogP contribution is 2.30. The molecule has 5 nitrogen and oxygen atoms in total. The molecule has 1 heterocycles. The lowest BCUT2D eigenvalue weighted by atomic mass is 10.1. The second-order valence-corrected chi connectivity index (χ2v) is 6.19. The van der Waals surface area contributed by atoms with Crippen LogP contribution < -0.4 is 10.6 Å². The summed E-state index contributed by atoms with van der Waals surface area (Å²) in [5, 5.41) is 11.6. The molecule has 2 aromatic rings. The molecule has 21 heavy (non-hydrogen) atoms. The van der Waals surface area contributed by atoms with E-state index in [0.29, 0.717) is 17.8 Å². The summed E-state index contributed by atoms with van der Waals surface area (Å²) in [6, 6.07) is 3.21. The predicted octanol–water partition coefficient (Wildman–Crippen LogP) is 3.08. The van der Waals surface area contributed by atoms with Crippen LogP contribution in [0.25, 0.3) is 0 Å². The summed E-state index contributed by atoms with van der Waals surface area (Å²) in [7, 11) is 1.80. The van der Waals surface area contributed by atoms with Crippen molar-refractivity contribution in [2.45, 2.75) is 13.5 Å². The molecule has 0 saturated heterocycles. The van der Waals surface area contributed by atoms with Gasteiger partial charge in [0.2, 0.25) is 0 Å². The molecule has 0 atom stereocenters. The van der Waals surface area contributed by atoms with Gasteiger partial charge in [-0.3, -0.25) is 0 Å². The number of rotatable bonds is 4. The highest BCUT2D eigenvalue weighted by Gasteiger charge is 2.17. The minimum absolute atomic E-state index is 0.145. The molecular formula is C13H14BrFN4OS. The zero-order chi connectivity index (χ0) is 15.6. The van der Waals surface area contributed by atoms with Crippen molar-refractivity contribution in [2.75, 3.05) is 11.9 Å². The van der Waals surface area contributed by atoms with E-state index in [4.69, 9.17) is 10.9 Å². The van der Waals surface area contributed by atoms with Gasteiger partial charge in [-0.25, -0.2) is 9.37 Å². The van der Waals surface area contributed by atoms with Crippen molar-refractivity contribution in [1.29, 1.82) is 0 Å². The van der Waals surface area contributed by atoms with Gasteiger partial charge in [-0.2, -0.15) is 0 Å². The van der Waals surface area contributed by atoms with Crippen LogP contribution in [0.1, 0.15) is 16.1 Å². The van der Waals surface area contributed by atoms with E-state index in [1.165, 1.54) is 11.3 Å². The third-order valence-electron chi connectivity index (χ3n) is 3.08. The fourth-order valence-corrected chi connectivity index (χ4v) is 3.23. The van der Waals surface area contributed by atoms with Crippen LogP contribution in [0, 0.1) is 12.7 Å². The van der Waals surface area contributed by atoms with Gasteiger partial charge in [-0.1, -0.05) is 5.16 Å². The maximum Gasteiger partial charge on any atom is 0.171 e. The standard InChI is InChI=1S/C13H14BrFN4OS/c1-7-10(21-6-17-7)5-19(2)9-4-3-8(13(16)18-20)11(14)12(9)15/h3-4,6,20H,5H2,1-2H3,(H2,16,18). The van der Waals surface area contributed by atoms with Gasteiger partial charge in [-0.05, 0) is 35.0 Å². The van der Waals surface area contributed by atoms with Gasteiger partial charge in [-0.15, -0.1) is 11.3 Å². The van der Waals surface area contributed by atoms with E-state index in [0.717, 1.165) is 10.6 Å². The predicted molar refractivity (Wildman–Crippen MR) is 85.6 cm³/mol. The smallest absolute Gasteiger partial charge is 0.171 e. The first kappa shape index (κ1) is 15.7. The number of amidine groups is 1. The van der Waals surface area contributed by atoms with Crippen LogP contribution in [0.5, 0.6) is 0 Å². The molecule has 0 spiro atoms. The van der Waals surface area contributed by atoms with Crippen LogP contribution in [0.15, 0.2) is 27.3 Å². The summed E-state index contributed by atoms with van der Waals surface area (Å²) in [5.41, 5.74) is 8.94. The second kappa shape index (κ2) is 6.40. The molecule has 0 amide bonds. The molecular weight excluding hydrogens is 359 g/mol. The molecule has 1 aromatic heterocycles. The molecule has 0 aliphatic rings. The average molecular weight is 373 g/mol. The fraction of sp³-hybridized carbons (Fsp3) is 0.231. The topological polar surface area (TPSA) is 74.7 Å². The van der Waals surface area contributed by atoms with Crippen LogP contribution >= 0.6 is 27.3 Å². The quantitative estimate of drug-likeness (QED) is 0.374. The van der Waals surface area contributed by atoms with Crippen molar-refractivity contribution in [3.63, 3.8) is 0 Å². The van der Waals surface area contributed by atoms with Gasteiger partial charge in [0.15, 0.2) is 11.7 Å². The van der Waals surface area contributed by atoms with Crippen molar-refractivity contribution < 1.29 is 9.60 Å². The zero-order valence-electron chi connectivity index (χ0n) is 11.5. The Hall–Kier alpha value is -1.67. The third kappa shape index (κ3) is 3.16. The van der Waals surface area contributed by atoms with E-state index in [1.54, 1.807) is 29.6 Å². The highest BCUT2D eigenvalue weighted by molar-refractivity contribution is 9.10. The number of thiazole rings is 1. The first-order chi connectivity index (χ1) is 9.95. The molecule has 0 fully saturated rings. The highest BCUT2D eigenvalue weighted by atomic mass is 79.9. The summed E-state index contributed by atoms with van der Waals surface area (Å²) < 4.78 is 14.6. The SMILES string of the molecule is Cc1ncsc1CN(C)c1ccc(/C(N)=N/O)c(Br)c1F. The van der Waals surface area contributed by atoms with Crippen molar-refractivity contribution in [1.82, 2.24) is 4.98 Å². The number of hydrogen-bond donors (Lipinski definition) is 2. The Morgan fingerprint density at radius 3 is 2.86 bits per heavy atom. The summed E-state index contributed by atoms with van der Waals surface area (Å²) >= 11 is 4.68. The number of halogens is 2. The number of oxime groups is 1. The van der Waals surface area contributed by atoms with Crippen LogP contribution in [-0.2, 0) is 6.54 Å². The maximum absolute atomic E-state index is 14.4. The lowest BCUT2D eigenvalue weighted by Crippen LogP contribution is -2.20. The van der Waals surface area contributed by atoms with Crippen LogP contribution in [0.2, 0.25) is 0 Å². The number of aryl methyl sites for hydroxylation is 1. The minimum Gasteiger partial charge on any atom is -0.409 e. The number of aromatic nitrogens is 1. The molecule has 2 rings (SSSR count). The lowest BCUT2D eigenvalue weighted by molar-refractivity contribution is 0.318. The Morgan fingerprint density at radius 1 is 1.57 bits per heavy atom. The molecule has 1 aromatic carbocycles. The third-order valence-corrected chi connectivity index (χ3v) is 4.78. The van der Waals surface area contributed by atoms with Gasteiger partial charge < -0.3 is 15.8 Å². The molecule has 0 unspecified atom stereocenters. The number of hydrogen-bond acceptors (Lipinski definition) is 5. The van der Waals surface area contributed by atoms with E-state index in [1.807, 2.05) is 6.92 Å². The summed E-state index contributed by atoms with van der Waals surface area (Å²) in [5.74, 6) is -0.600. The molecule has 112 valence electrons. The van der Waals surface area contributed by atoms with Gasteiger partial charge in [0, 0.05) is 17.5 Å². The van der Waals surface area contributed by atoms with Gasteiger partial charge in [0.1, 0.15) is 0 Å². The Kier molecular flexibility index (Phi) is 4.79. The van der Waals surface area contributed by atoms with Crippen LogP contribution in [0.4, 0.5) is 10.1 Å². The van der Waals surface area contributed by atoms with E-state index in [9.17, 15) is 4.39 Å². The van der Waals surface area contributed by atoms with Gasteiger partial charge >= 0.3 is 0 Å². The first-order valence-electron chi connectivity index (χ1n) is 6.01. The van der Waals surface area contributed by atoms with Crippen molar-refractivity contribution in [3.05, 3.63) is 44.1 Å². The number of benzene rings is 1. The van der Waals surface area contributed by atoms with E-state index >= 15 is 0 Å². The van der Waals surface area contributed by atoms with Crippen LogP contribution in [0.3, 0.4) is 0 Å². The minimum atomic E-state index is -0.455. The van der Waals surface area contributed by atoms with Gasteiger partial charge in [0.05, 0.1) is 27.9 Å². The van der Waals surface area contributed by atoms with E-state index in [2.05, 4.69) is 26.1 Å². The molecule has 0 bridgehead atoms. The zero-order valence-corrected chi connectivity index (χ0v) is 13.9. The average Bonchev–Trinajstić information content (AvgIpc) is 2.86. The molecule has 0 aliphatic heterocycles. The van der Waals surface area contributed by atoms with Crippen LogP contribution in [-0.4, -0.2) is 23.1 Å². The number of nitrogens with zero attached hydrogens (tertiary/aromatic N) is 3. The summed E-state index contributed by atoms with van der Waals surface area (Å²) in [4.78, 5) is 7.05.